The summed E-state index contributed by atoms with van der Waals surface area (Å²) in [5.41, 5.74) is 0. The minimum atomic E-state index is -3.03. The van der Waals surface area contributed by atoms with Crippen molar-refractivity contribution in [1.82, 2.24) is 4.90 Å². The molecule has 1 aliphatic heterocycles. The lowest BCUT2D eigenvalue weighted by molar-refractivity contribution is 0.178. The molecule has 0 amide bonds. The zero-order valence-electron chi connectivity index (χ0n) is 9.73. The van der Waals surface area contributed by atoms with Crippen LogP contribution in [0.4, 0.5) is 0 Å². The molecule has 15 heavy (non-hydrogen) atoms. The lowest BCUT2D eigenvalue weighted by Gasteiger charge is -2.21. The van der Waals surface area contributed by atoms with Crippen molar-refractivity contribution in [3.8, 4) is 0 Å². The fraction of sp³-hybridized carbons (Fsp3) is 1.00. The molecule has 0 bridgehead atoms. The fourth-order valence-corrected chi connectivity index (χ4v) is 2.68. The highest BCUT2D eigenvalue weighted by Crippen LogP contribution is 2.17. The van der Waals surface area contributed by atoms with Gasteiger partial charge in [0.25, 0.3) is 0 Å². The van der Waals surface area contributed by atoms with Crippen molar-refractivity contribution in [3.05, 3.63) is 0 Å². The van der Waals surface area contributed by atoms with Gasteiger partial charge in [-0.3, -0.25) is 4.90 Å². The molecule has 1 atom stereocenters. The quantitative estimate of drug-likeness (QED) is 0.762. The monoisotopic (exact) mass is 235 g/mol. The van der Waals surface area contributed by atoms with E-state index >= 15 is 0 Å². The van der Waals surface area contributed by atoms with E-state index in [1.807, 2.05) is 4.90 Å². The van der Waals surface area contributed by atoms with E-state index in [9.17, 15) is 13.5 Å². The summed E-state index contributed by atoms with van der Waals surface area (Å²) in [4.78, 5) is 2.01. The lowest BCUT2D eigenvalue weighted by atomic mass is 10.3. The maximum atomic E-state index is 11.8. The van der Waals surface area contributed by atoms with Crippen molar-refractivity contribution < 1.29 is 13.5 Å². The van der Waals surface area contributed by atoms with Gasteiger partial charge in [-0.15, -0.1) is 0 Å². The van der Waals surface area contributed by atoms with Crippen LogP contribution >= 0.6 is 0 Å². The molecule has 5 heteroatoms. The molecule has 1 N–H and O–H groups in total. The van der Waals surface area contributed by atoms with E-state index in [4.69, 9.17) is 0 Å². The average molecular weight is 235 g/mol. The first-order valence-corrected chi connectivity index (χ1v) is 7.00. The van der Waals surface area contributed by atoms with E-state index in [2.05, 4.69) is 0 Å². The summed E-state index contributed by atoms with van der Waals surface area (Å²) in [7, 11) is -3.03. The minimum absolute atomic E-state index is 0.184. The number of rotatable bonds is 3. The number of sulfone groups is 1. The normalized spacial score (nSPS) is 24.7. The Bertz CT molecular complexity index is 305. The van der Waals surface area contributed by atoms with Gasteiger partial charge in [0.15, 0.2) is 9.84 Å². The van der Waals surface area contributed by atoms with Crippen molar-refractivity contribution in [2.24, 2.45) is 0 Å². The number of β-amino-alcohol motifs (C(OH)–C–C–N with tert-alkyl or cyclic N) is 1. The highest BCUT2D eigenvalue weighted by atomic mass is 32.2. The van der Waals surface area contributed by atoms with Gasteiger partial charge in [-0.2, -0.15) is 0 Å². The molecule has 1 rings (SSSR count). The van der Waals surface area contributed by atoms with E-state index in [0.717, 1.165) is 13.0 Å². The second-order valence-corrected chi connectivity index (χ2v) is 8.04. The molecule has 0 aromatic carbocycles. The van der Waals surface area contributed by atoms with Crippen molar-refractivity contribution in [1.29, 1.82) is 0 Å². The van der Waals surface area contributed by atoms with Crippen molar-refractivity contribution in [2.75, 3.05) is 25.4 Å². The third-order valence-electron chi connectivity index (χ3n) is 2.86. The summed E-state index contributed by atoms with van der Waals surface area (Å²) >= 11 is 0. The van der Waals surface area contributed by atoms with E-state index in [1.165, 1.54) is 0 Å². The Kier molecular flexibility index (Phi) is 3.79. The van der Waals surface area contributed by atoms with Crippen LogP contribution in [0.15, 0.2) is 0 Å². The molecule has 1 aliphatic rings. The van der Waals surface area contributed by atoms with Crippen LogP contribution in [-0.4, -0.2) is 54.7 Å². The maximum Gasteiger partial charge on any atom is 0.156 e. The molecule has 1 heterocycles. The molecule has 4 nitrogen and oxygen atoms in total. The van der Waals surface area contributed by atoms with Gasteiger partial charge in [0, 0.05) is 19.6 Å². The van der Waals surface area contributed by atoms with E-state index in [-0.39, 0.29) is 11.9 Å². The number of hydrogen-bond donors (Lipinski definition) is 1. The molecule has 1 fully saturated rings. The summed E-state index contributed by atoms with van der Waals surface area (Å²) in [6, 6.07) is 0. The van der Waals surface area contributed by atoms with Gasteiger partial charge < -0.3 is 5.11 Å². The van der Waals surface area contributed by atoms with Crippen molar-refractivity contribution in [2.45, 2.75) is 38.0 Å². The van der Waals surface area contributed by atoms with Crippen LogP contribution in [0.1, 0.15) is 27.2 Å². The SMILES string of the molecule is CC(C)(C)S(=O)(=O)CCN1CC[C@H](O)C1. The summed E-state index contributed by atoms with van der Waals surface area (Å²) in [5.74, 6) is 0.184. The van der Waals surface area contributed by atoms with Crippen LogP contribution in [-0.2, 0) is 9.84 Å². The number of hydrogen-bond acceptors (Lipinski definition) is 4. The highest BCUT2D eigenvalue weighted by Gasteiger charge is 2.30. The Balaban J connectivity index is 2.44. The molecule has 0 aliphatic carbocycles. The summed E-state index contributed by atoms with van der Waals surface area (Å²) in [5, 5.41) is 9.30. The number of aliphatic hydroxyl groups excluding tert-OH is 1. The molecule has 0 aromatic heterocycles. The van der Waals surface area contributed by atoms with Crippen LogP contribution < -0.4 is 0 Å². The second kappa shape index (κ2) is 4.39. The van der Waals surface area contributed by atoms with Gasteiger partial charge >= 0.3 is 0 Å². The van der Waals surface area contributed by atoms with Crippen LogP contribution in [0.25, 0.3) is 0 Å². The molecule has 0 saturated carbocycles. The fourth-order valence-electron chi connectivity index (χ4n) is 1.57. The molecule has 90 valence electrons. The van der Waals surface area contributed by atoms with E-state index in [1.54, 1.807) is 20.8 Å². The summed E-state index contributed by atoms with van der Waals surface area (Å²) < 4.78 is 22.9. The Morgan fingerprint density at radius 1 is 1.40 bits per heavy atom. The zero-order valence-corrected chi connectivity index (χ0v) is 10.5. The third-order valence-corrected chi connectivity index (χ3v) is 5.44. The van der Waals surface area contributed by atoms with E-state index in [0.29, 0.717) is 13.1 Å². The number of likely N-dealkylation sites (tertiary alicyclic amines) is 1. The maximum absolute atomic E-state index is 11.8. The van der Waals surface area contributed by atoms with Crippen LogP contribution in [0.5, 0.6) is 0 Å². The Labute approximate surface area is 92.2 Å². The average Bonchev–Trinajstić information content (AvgIpc) is 2.46. The van der Waals surface area contributed by atoms with Crippen LogP contribution in [0, 0.1) is 0 Å². The first-order valence-electron chi connectivity index (χ1n) is 5.35. The number of nitrogens with zero attached hydrogens (tertiary/aromatic N) is 1. The molecule has 1 saturated heterocycles. The number of aliphatic hydroxyl groups is 1. The molecule has 0 unspecified atom stereocenters. The molecule has 0 radical (unpaired) electrons. The predicted molar refractivity (Wildman–Crippen MR) is 60.6 cm³/mol. The largest absolute Gasteiger partial charge is 0.392 e. The van der Waals surface area contributed by atoms with Gasteiger partial charge in [0.2, 0.25) is 0 Å². The van der Waals surface area contributed by atoms with Gasteiger partial charge in [-0.05, 0) is 27.2 Å². The van der Waals surface area contributed by atoms with E-state index < -0.39 is 14.6 Å². The molecular weight excluding hydrogens is 214 g/mol. The Hall–Kier alpha value is -0.130. The van der Waals surface area contributed by atoms with Gasteiger partial charge in [-0.1, -0.05) is 0 Å². The van der Waals surface area contributed by atoms with Gasteiger partial charge in [0.1, 0.15) is 0 Å². The first-order chi connectivity index (χ1) is 6.72. The molecular formula is C10H21NO3S. The topological polar surface area (TPSA) is 57.6 Å². The van der Waals surface area contributed by atoms with Gasteiger partial charge in [-0.25, -0.2) is 8.42 Å². The standard InChI is InChI=1S/C10H21NO3S/c1-10(2,3)15(13,14)7-6-11-5-4-9(12)8-11/h9,12H,4-8H2,1-3H3/t9-/m0/s1. The minimum Gasteiger partial charge on any atom is -0.392 e. The first kappa shape index (κ1) is 12.9. The zero-order chi connectivity index (χ0) is 11.7. The Morgan fingerprint density at radius 3 is 2.40 bits per heavy atom. The van der Waals surface area contributed by atoms with Crippen LogP contribution in [0.3, 0.4) is 0 Å². The second-order valence-electron chi connectivity index (χ2n) is 5.17. The van der Waals surface area contributed by atoms with Gasteiger partial charge in [0.05, 0.1) is 16.6 Å². The molecule has 0 aromatic rings. The Morgan fingerprint density at radius 2 is 2.00 bits per heavy atom. The summed E-state index contributed by atoms with van der Waals surface area (Å²) in [6.45, 7) is 7.13. The molecule has 0 spiro atoms. The smallest absolute Gasteiger partial charge is 0.156 e. The van der Waals surface area contributed by atoms with Crippen LogP contribution in [0.2, 0.25) is 0 Å². The highest BCUT2D eigenvalue weighted by molar-refractivity contribution is 7.92. The predicted octanol–water partition coefficient (Wildman–Crippen LogP) is 0.266. The van der Waals surface area contributed by atoms with Crippen molar-refractivity contribution >= 4 is 9.84 Å². The summed E-state index contributed by atoms with van der Waals surface area (Å²) in [6.07, 6.45) is 0.484. The van der Waals surface area contributed by atoms with Crippen molar-refractivity contribution in [3.63, 3.8) is 0 Å². The lowest BCUT2D eigenvalue weighted by Crippen LogP contribution is -2.36. The third kappa shape index (κ3) is 3.43.